The number of nitrogens with zero attached hydrogens (tertiary/aromatic N) is 1. The van der Waals surface area contributed by atoms with Crippen LogP contribution >= 0.6 is 11.3 Å². The minimum absolute atomic E-state index is 0.214. The summed E-state index contributed by atoms with van der Waals surface area (Å²) < 4.78 is 10.2. The van der Waals surface area contributed by atoms with Gasteiger partial charge in [-0.1, -0.05) is 12.1 Å². The maximum absolute atomic E-state index is 12.0. The number of rotatable bonds is 5. The number of carbonyl (C=O) groups excluding carboxylic acids is 2. The van der Waals surface area contributed by atoms with Crippen LogP contribution in [-0.4, -0.2) is 23.5 Å². The van der Waals surface area contributed by atoms with Crippen molar-refractivity contribution in [3.8, 4) is 0 Å². The molecule has 104 valence electrons. The van der Waals surface area contributed by atoms with E-state index >= 15 is 0 Å². The van der Waals surface area contributed by atoms with E-state index in [1.807, 2.05) is 0 Å². The maximum Gasteiger partial charge on any atom is 0.352 e. The lowest BCUT2D eigenvalue weighted by Gasteiger charge is -2.15. The molecule has 2 heterocycles. The van der Waals surface area contributed by atoms with Crippen LogP contribution in [-0.2, 0) is 14.3 Å². The molecule has 0 aliphatic carbocycles. The summed E-state index contributed by atoms with van der Waals surface area (Å²) in [4.78, 5) is 28.2. The second-order valence-corrected chi connectivity index (χ2v) is 4.75. The van der Waals surface area contributed by atoms with E-state index < -0.39 is 18.0 Å². The molecule has 0 saturated heterocycles. The summed E-state index contributed by atoms with van der Waals surface area (Å²) in [6.45, 7) is 1.91. The Hall–Kier alpha value is -2.21. The van der Waals surface area contributed by atoms with Crippen molar-refractivity contribution in [2.24, 2.45) is 0 Å². The van der Waals surface area contributed by atoms with E-state index in [4.69, 9.17) is 9.47 Å². The van der Waals surface area contributed by atoms with E-state index in [-0.39, 0.29) is 6.61 Å². The van der Waals surface area contributed by atoms with Crippen molar-refractivity contribution in [2.75, 3.05) is 6.61 Å². The summed E-state index contributed by atoms with van der Waals surface area (Å²) in [7, 11) is 0. The van der Waals surface area contributed by atoms with Gasteiger partial charge >= 0.3 is 11.9 Å². The summed E-state index contributed by atoms with van der Waals surface area (Å²) >= 11 is 1.25. The third kappa shape index (κ3) is 3.42. The molecule has 0 saturated carbocycles. The zero-order valence-electron chi connectivity index (χ0n) is 10.8. The first-order chi connectivity index (χ1) is 9.72. The molecule has 0 unspecified atom stereocenters. The number of ether oxygens (including phenoxy) is 2. The molecule has 2 aromatic heterocycles. The number of thiophene rings is 1. The second kappa shape index (κ2) is 6.81. The highest BCUT2D eigenvalue weighted by molar-refractivity contribution is 7.11. The predicted molar refractivity (Wildman–Crippen MR) is 73.3 cm³/mol. The highest BCUT2D eigenvalue weighted by Crippen LogP contribution is 2.21. The molecule has 0 spiro atoms. The molecule has 2 rings (SSSR count). The minimum Gasteiger partial charge on any atom is -0.463 e. The molecular formula is C14H13NO4S. The number of carbonyl (C=O) groups is 2. The van der Waals surface area contributed by atoms with Crippen LogP contribution in [0.15, 0.2) is 42.0 Å². The smallest absolute Gasteiger partial charge is 0.352 e. The Morgan fingerprint density at radius 3 is 2.80 bits per heavy atom. The molecular weight excluding hydrogens is 278 g/mol. The lowest BCUT2D eigenvalue weighted by Crippen LogP contribution is -2.22. The van der Waals surface area contributed by atoms with Crippen molar-refractivity contribution in [1.29, 1.82) is 0 Å². The molecule has 1 atom stereocenters. The Labute approximate surface area is 120 Å². The number of hydrogen-bond donors (Lipinski definition) is 0. The SMILES string of the molecule is CCOC(=O)[C@@H](OC(=O)c1cccs1)c1cccnc1. The normalized spacial score (nSPS) is 11.7. The quantitative estimate of drug-likeness (QED) is 0.792. The average molecular weight is 291 g/mol. The van der Waals surface area contributed by atoms with Crippen LogP contribution in [0, 0.1) is 0 Å². The topological polar surface area (TPSA) is 65.5 Å². The lowest BCUT2D eigenvalue weighted by molar-refractivity contribution is -0.153. The van der Waals surface area contributed by atoms with Gasteiger partial charge in [0.25, 0.3) is 0 Å². The zero-order chi connectivity index (χ0) is 14.4. The molecule has 0 N–H and O–H groups in total. The van der Waals surface area contributed by atoms with Crippen molar-refractivity contribution in [3.05, 3.63) is 52.5 Å². The molecule has 20 heavy (non-hydrogen) atoms. The van der Waals surface area contributed by atoms with E-state index in [1.165, 1.54) is 17.5 Å². The van der Waals surface area contributed by atoms with Crippen LogP contribution in [0.5, 0.6) is 0 Å². The molecule has 0 aliphatic rings. The highest BCUT2D eigenvalue weighted by atomic mass is 32.1. The van der Waals surface area contributed by atoms with E-state index in [2.05, 4.69) is 4.98 Å². The lowest BCUT2D eigenvalue weighted by atomic mass is 10.1. The van der Waals surface area contributed by atoms with Gasteiger partial charge in [-0.2, -0.15) is 0 Å². The van der Waals surface area contributed by atoms with E-state index in [1.54, 1.807) is 42.8 Å². The van der Waals surface area contributed by atoms with Gasteiger partial charge in [0.2, 0.25) is 6.10 Å². The van der Waals surface area contributed by atoms with Gasteiger partial charge in [0.15, 0.2) is 0 Å². The second-order valence-electron chi connectivity index (χ2n) is 3.80. The summed E-state index contributed by atoms with van der Waals surface area (Å²) in [6, 6.07) is 6.71. The molecule has 0 amide bonds. The van der Waals surface area contributed by atoms with Crippen molar-refractivity contribution in [2.45, 2.75) is 13.0 Å². The van der Waals surface area contributed by atoms with Crippen LogP contribution < -0.4 is 0 Å². The van der Waals surface area contributed by atoms with Gasteiger partial charge in [0.05, 0.1) is 6.61 Å². The number of esters is 2. The summed E-state index contributed by atoms with van der Waals surface area (Å²) in [5.41, 5.74) is 0.482. The van der Waals surface area contributed by atoms with Crippen LogP contribution in [0.4, 0.5) is 0 Å². The number of aromatic nitrogens is 1. The molecule has 0 bridgehead atoms. The molecule has 0 fully saturated rings. The Morgan fingerprint density at radius 2 is 2.20 bits per heavy atom. The predicted octanol–water partition coefficient (Wildman–Crippen LogP) is 2.60. The van der Waals surface area contributed by atoms with E-state index in [0.717, 1.165) is 0 Å². The summed E-state index contributed by atoms with van der Waals surface area (Å²) in [5.74, 6) is -1.16. The van der Waals surface area contributed by atoms with Gasteiger partial charge < -0.3 is 9.47 Å². The van der Waals surface area contributed by atoms with Gasteiger partial charge in [0.1, 0.15) is 4.88 Å². The van der Waals surface area contributed by atoms with E-state index in [9.17, 15) is 9.59 Å². The van der Waals surface area contributed by atoms with Crippen molar-refractivity contribution >= 4 is 23.3 Å². The van der Waals surface area contributed by atoms with Gasteiger partial charge in [-0.05, 0) is 24.4 Å². The third-order valence-electron chi connectivity index (χ3n) is 2.44. The first-order valence-electron chi connectivity index (χ1n) is 6.03. The maximum atomic E-state index is 12.0. The fourth-order valence-corrected chi connectivity index (χ4v) is 2.17. The average Bonchev–Trinajstić information content (AvgIpc) is 3.00. The van der Waals surface area contributed by atoms with E-state index in [0.29, 0.717) is 10.4 Å². The number of hydrogen-bond acceptors (Lipinski definition) is 6. The Balaban J connectivity index is 2.19. The van der Waals surface area contributed by atoms with Crippen molar-refractivity contribution in [1.82, 2.24) is 4.98 Å². The molecule has 0 radical (unpaired) electrons. The minimum atomic E-state index is -1.10. The van der Waals surface area contributed by atoms with Gasteiger partial charge in [0, 0.05) is 18.0 Å². The molecule has 6 heteroatoms. The first kappa shape index (κ1) is 14.2. The van der Waals surface area contributed by atoms with Gasteiger partial charge in [-0.25, -0.2) is 9.59 Å². The van der Waals surface area contributed by atoms with Crippen LogP contribution in [0.25, 0.3) is 0 Å². The Kier molecular flexibility index (Phi) is 4.84. The largest absolute Gasteiger partial charge is 0.463 e. The van der Waals surface area contributed by atoms with Crippen molar-refractivity contribution < 1.29 is 19.1 Å². The first-order valence-corrected chi connectivity index (χ1v) is 6.91. The molecule has 0 aliphatic heterocycles. The fraction of sp³-hybridized carbons (Fsp3) is 0.214. The van der Waals surface area contributed by atoms with Crippen LogP contribution in [0.1, 0.15) is 28.3 Å². The third-order valence-corrected chi connectivity index (χ3v) is 3.28. The standard InChI is InChI=1S/C14H13NO4S/c1-2-18-14(17)12(10-5-3-7-15-9-10)19-13(16)11-6-4-8-20-11/h3-9,12H,2H2,1H3/t12-/m0/s1. The highest BCUT2D eigenvalue weighted by Gasteiger charge is 2.27. The fourth-order valence-electron chi connectivity index (χ4n) is 1.56. The molecule has 5 nitrogen and oxygen atoms in total. The summed E-state index contributed by atoms with van der Waals surface area (Å²) in [5, 5.41) is 1.76. The molecule has 0 aromatic carbocycles. The number of pyridine rings is 1. The zero-order valence-corrected chi connectivity index (χ0v) is 11.6. The van der Waals surface area contributed by atoms with Gasteiger partial charge in [-0.3, -0.25) is 4.98 Å². The van der Waals surface area contributed by atoms with Crippen LogP contribution in [0.3, 0.4) is 0 Å². The Bertz CT molecular complexity index is 568. The molecule has 2 aromatic rings. The van der Waals surface area contributed by atoms with Gasteiger partial charge in [-0.15, -0.1) is 11.3 Å². The van der Waals surface area contributed by atoms with Crippen LogP contribution in [0.2, 0.25) is 0 Å². The summed E-state index contributed by atoms with van der Waals surface area (Å²) in [6.07, 6.45) is 1.95. The Morgan fingerprint density at radius 1 is 1.35 bits per heavy atom. The monoisotopic (exact) mass is 291 g/mol. The van der Waals surface area contributed by atoms with Crippen molar-refractivity contribution in [3.63, 3.8) is 0 Å².